The van der Waals surface area contributed by atoms with Crippen LogP contribution in [0, 0.1) is 13.8 Å². The molecule has 3 nitrogen and oxygen atoms in total. The van der Waals surface area contributed by atoms with Gasteiger partial charge in [0.05, 0.1) is 0 Å². The molecule has 3 heterocycles. The van der Waals surface area contributed by atoms with E-state index in [1.807, 2.05) is 0 Å². The summed E-state index contributed by atoms with van der Waals surface area (Å²) in [6.07, 6.45) is 5.41. The van der Waals surface area contributed by atoms with Gasteiger partial charge in [-0.05, 0) is 58.2 Å². The van der Waals surface area contributed by atoms with Crippen LogP contribution in [0.5, 0.6) is 0 Å². The van der Waals surface area contributed by atoms with Crippen LogP contribution in [0.3, 0.4) is 0 Å². The second kappa shape index (κ2) is 4.37. The monoisotopic (exact) mass is 233 g/mol. The van der Waals surface area contributed by atoms with Crippen molar-refractivity contribution >= 4 is 0 Å². The number of rotatable bonds is 2. The Balaban J connectivity index is 1.66. The van der Waals surface area contributed by atoms with Crippen molar-refractivity contribution in [2.75, 3.05) is 18.5 Å². The highest BCUT2D eigenvalue weighted by molar-refractivity contribution is 5.16. The zero-order chi connectivity index (χ0) is 11.8. The average molecular weight is 233 g/mol. The summed E-state index contributed by atoms with van der Waals surface area (Å²) in [6, 6.07) is 5.87. The van der Waals surface area contributed by atoms with Crippen molar-refractivity contribution in [1.82, 2.24) is 9.58 Å². The fraction of sp³-hybridized carbons (Fsp3) is 0.714. The summed E-state index contributed by atoms with van der Waals surface area (Å²) in [4.78, 5) is 2.67. The van der Waals surface area contributed by atoms with E-state index in [0.717, 1.165) is 6.04 Å². The molecular formula is C14H23N3. The number of hydrogen-bond donors (Lipinski definition) is 1. The second-order valence-corrected chi connectivity index (χ2v) is 5.63. The van der Waals surface area contributed by atoms with E-state index in [1.54, 1.807) is 0 Å². The largest absolute Gasteiger partial charge is 0.323 e. The van der Waals surface area contributed by atoms with Gasteiger partial charge in [0.1, 0.15) is 0 Å². The summed E-state index contributed by atoms with van der Waals surface area (Å²) in [5, 5.41) is 0. The van der Waals surface area contributed by atoms with E-state index < -0.39 is 0 Å². The predicted octanol–water partition coefficient (Wildman–Crippen LogP) is 2.28. The van der Waals surface area contributed by atoms with Crippen LogP contribution >= 0.6 is 0 Å². The normalized spacial score (nSPS) is 29.3. The van der Waals surface area contributed by atoms with E-state index >= 15 is 0 Å². The number of aryl methyl sites for hydroxylation is 2. The SMILES string of the molecule is Cc1ccc(C)n1NC1CCN2CCCC2C1. The minimum absolute atomic E-state index is 0.652. The molecule has 2 saturated heterocycles. The van der Waals surface area contributed by atoms with Gasteiger partial charge in [-0.25, -0.2) is 0 Å². The van der Waals surface area contributed by atoms with Gasteiger partial charge in [0.2, 0.25) is 0 Å². The molecule has 2 unspecified atom stereocenters. The second-order valence-electron chi connectivity index (χ2n) is 5.63. The number of aromatic nitrogens is 1. The van der Waals surface area contributed by atoms with Gasteiger partial charge in [-0.1, -0.05) is 0 Å². The molecule has 2 aliphatic rings. The molecule has 0 amide bonds. The smallest absolute Gasteiger partial charge is 0.0451 e. The van der Waals surface area contributed by atoms with Crippen molar-refractivity contribution in [3.8, 4) is 0 Å². The summed E-state index contributed by atoms with van der Waals surface area (Å²) in [5.41, 5.74) is 6.33. The molecule has 2 aliphatic heterocycles. The third kappa shape index (κ3) is 2.08. The number of nitrogens with zero attached hydrogens (tertiary/aromatic N) is 2. The highest BCUT2D eigenvalue weighted by Crippen LogP contribution is 2.27. The van der Waals surface area contributed by atoms with Gasteiger partial charge in [-0.15, -0.1) is 0 Å². The molecule has 2 atom stereocenters. The molecule has 0 radical (unpaired) electrons. The van der Waals surface area contributed by atoms with Gasteiger partial charge < -0.3 is 10.3 Å². The maximum atomic E-state index is 3.70. The van der Waals surface area contributed by atoms with E-state index in [0.29, 0.717) is 6.04 Å². The lowest BCUT2D eigenvalue weighted by Crippen LogP contribution is -2.45. The summed E-state index contributed by atoms with van der Waals surface area (Å²) >= 11 is 0. The Kier molecular flexibility index (Phi) is 2.87. The Bertz CT molecular complexity index is 377. The van der Waals surface area contributed by atoms with Crippen molar-refractivity contribution in [3.05, 3.63) is 23.5 Å². The number of nitrogens with one attached hydrogen (secondary N) is 1. The first-order valence-corrected chi connectivity index (χ1v) is 6.89. The average Bonchev–Trinajstić information content (AvgIpc) is 2.90. The molecule has 0 saturated carbocycles. The van der Waals surface area contributed by atoms with Gasteiger partial charge in [-0.3, -0.25) is 4.68 Å². The van der Waals surface area contributed by atoms with Crippen molar-refractivity contribution in [3.63, 3.8) is 0 Å². The van der Waals surface area contributed by atoms with Crippen LogP contribution < -0.4 is 5.43 Å². The van der Waals surface area contributed by atoms with Crippen molar-refractivity contribution in [1.29, 1.82) is 0 Å². The lowest BCUT2D eigenvalue weighted by Gasteiger charge is -2.36. The van der Waals surface area contributed by atoms with E-state index in [-0.39, 0.29) is 0 Å². The maximum absolute atomic E-state index is 3.70. The Morgan fingerprint density at radius 3 is 2.65 bits per heavy atom. The fourth-order valence-corrected chi connectivity index (χ4v) is 3.40. The summed E-state index contributed by atoms with van der Waals surface area (Å²) in [6.45, 7) is 6.95. The van der Waals surface area contributed by atoms with E-state index in [4.69, 9.17) is 0 Å². The molecule has 1 aromatic rings. The van der Waals surface area contributed by atoms with Crippen LogP contribution in [0.25, 0.3) is 0 Å². The topological polar surface area (TPSA) is 20.2 Å². The number of hydrogen-bond acceptors (Lipinski definition) is 2. The first-order chi connectivity index (χ1) is 8.24. The number of fused-ring (bicyclic) bond motifs is 1. The quantitative estimate of drug-likeness (QED) is 0.845. The van der Waals surface area contributed by atoms with Crippen molar-refractivity contribution in [2.24, 2.45) is 0 Å². The molecule has 3 rings (SSSR count). The molecule has 94 valence electrons. The van der Waals surface area contributed by atoms with Crippen molar-refractivity contribution in [2.45, 2.75) is 51.6 Å². The minimum Gasteiger partial charge on any atom is -0.323 e. The molecule has 0 bridgehead atoms. The molecule has 17 heavy (non-hydrogen) atoms. The molecular weight excluding hydrogens is 210 g/mol. The third-order valence-electron chi connectivity index (χ3n) is 4.40. The molecule has 1 aromatic heterocycles. The van der Waals surface area contributed by atoms with Crippen LogP contribution in [0.2, 0.25) is 0 Å². The summed E-state index contributed by atoms with van der Waals surface area (Å²) in [7, 11) is 0. The standard InChI is InChI=1S/C14H23N3/c1-11-5-6-12(2)17(11)15-13-7-9-16-8-3-4-14(16)10-13/h5-6,13-15H,3-4,7-10H2,1-2H3. The Morgan fingerprint density at radius 1 is 1.12 bits per heavy atom. The lowest BCUT2D eigenvalue weighted by atomic mass is 9.98. The predicted molar refractivity (Wildman–Crippen MR) is 70.9 cm³/mol. The van der Waals surface area contributed by atoms with Gasteiger partial charge in [0, 0.05) is 30.0 Å². The molecule has 1 N–H and O–H groups in total. The lowest BCUT2D eigenvalue weighted by molar-refractivity contribution is 0.183. The zero-order valence-electron chi connectivity index (χ0n) is 10.9. The van der Waals surface area contributed by atoms with Crippen LogP contribution in [-0.2, 0) is 0 Å². The Hall–Kier alpha value is -0.960. The van der Waals surface area contributed by atoms with Crippen LogP contribution in [-0.4, -0.2) is 34.7 Å². The Labute approximate surface area is 104 Å². The van der Waals surface area contributed by atoms with E-state index in [2.05, 4.69) is 41.0 Å². The molecule has 0 aliphatic carbocycles. The zero-order valence-corrected chi connectivity index (χ0v) is 10.9. The van der Waals surface area contributed by atoms with Gasteiger partial charge in [-0.2, -0.15) is 0 Å². The van der Waals surface area contributed by atoms with Gasteiger partial charge in [0.25, 0.3) is 0 Å². The molecule has 0 spiro atoms. The minimum atomic E-state index is 0.652. The first kappa shape index (κ1) is 11.1. The molecule has 2 fully saturated rings. The molecule has 0 aromatic carbocycles. The van der Waals surface area contributed by atoms with Crippen LogP contribution in [0.4, 0.5) is 0 Å². The Morgan fingerprint density at radius 2 is 1.88 bits per heavy atom. The van der Waals surface area contributed by atoms with Crippen molar-refractivity contribution < 1.29 is 0 Å². The van der Waals surface area contributed by atoms with E-state index in [1.165, 1.54) is 50.2 Å². The van der Waals surface area contributed by atoms with Crippen LogP contribution in [0.15, 0.2) is 12.1 Å². The first-order valence-electron chi connectivity index (χ1n) is 6.89. The van der Waals surface area contributed by atoms with Crippen LogP contribution in [0.1, 0.15) is 37.1 Å². The van der Waals surface area contributed by atoms with Gasteiger partial charge >= 0.3 is 0 Å². The summed E-state index contributed by atoms with van der Waals surface area (Å²) in [5.74, 6) is 0. The molecule has 3 heteroatoms. The maximum Gasteiger partial charge on any atom is 0.0451 e. The third-order valence-corrected chi connectivity index (χ3v) is 4.40. The fourth-order valence-electron chi connectivity index (χ4n) is 3.40. The van der Waals surface area contributed by atoms with E-state index in [9.17, 15) is 0 Å². The highest BCUT2D eigenvalue weighted by Gasteiger charge is 2.31. The summed E-state index contributed by atoms with van der Waals surface area (Å²) < 4.78 is 2.26. The number of piperidine rings is 1. The van der Waals surface area contributed by atoms with Gasteiger partial charge in [0.15, 0.2) is 0 Å². The highest BCUT2D eigenvalue weighted by atomic mass is 15.4.